The van der Waals surface area contributed by atoms with E-state index in [0.717, 1.165) is 18.5 Å². The van der Waals surface area contributed by atoms with E-state index in [1.165, 1.54) is 83.5 Å². The van der Waals surface area contributed by atoms with Crippen LogP contribution in [0, 0.1) is 5.92 Å². The summed E-state index contributed by atoms with van der Waals surface area (Å²) < 4.78 is 0. The molecule has 0 heterocycles. The van der Waals surface area contributed by atoms with E-state index in [2.05, 4.69) is 19.2 Å². The Balaban J connectivity index is 1.91. The predicted molar refractivity (Wildman–Crippen MR) is 86.6 cm³/mol. The highest BCUT2D eigenvalue weighted by molar-refractivity contribution is 4.77. The van der Waals surface area contributed by atoms with Crippen molar-refractivity contribution >= 4 is 0 Å². The molecular formula is C18H37N. The quantitative estimate of drug-likeness (QED) is 0.474. The van der Waals surface area contributed by atoms with Crippen LogP contribution in [0.4, 0.5) is 0 Å². The second-order valence-corrected chi connectivity index (χ2v) is 6.55. The van der Waals surface area contributed by atoms with Crippen molar-refractivity contribution in [2.24, 2.45) is 5.92 Å². The Hall–Kier alpha value is -0.0400. The summed E-state index contributed by atoms with van der Waals surface area (Å²) in [6.45, 7) is 5.68. The Bertz CT molecular complexity index is 188. The summed E-state index contributed by atoms with van der Waals surface area (Å²) >= 11 is 0. The van der Waals surface area contributed by atoms with Crippen LogP contribution in [0.5, 0.6) is 0 Å². The highest BCUT2D eigenvalue weighted by Crippen LogP contribution is 2.28. The topological polar surface area (TPSA) is 12.0 Å². The Kier molecular flexibility index (Phi) is 10.5. The monoisotopic (exact) mass is 267 g/mol. The van der Waals surface area contributed by atoms with Crippen LogP contribution in [0.25, 0.3) is 0 Å². The third-order valence-electron chi connectivity index (χ3n) is 4.74. The van der Waals surface area contributed by atoms with Crippen molar-refractivity contribution in [2.45, 2.75) is 103 Å². The summed E-state index contributed by atoms with van der Waals surface area (Å²) in [4.78, 5) is 0. The summed E-state index contributed by atoms with van der Waals surface area (Å²) in [5, 5.41) is 3.64. The standard InChI is InChI=1S/C18H37N/c1-3-5-6-7-8-9-10-11-13-17-14-12-15-18(16-17)19-4-2/h17-19H,3-16H2,1-2H3. The van der Waals surface area contributed by atoms with Crippen molar-refractivity contribution in [2.75, 3.05) is 6.54 Å². The SMILES string of the molecule is CCCCCCCCCCC1CCCC(NCC)C1. The third-order valence-corrected chi connectivity index (χ3v) is 4.74. The normalized spacial score (nSPS) is 23.7. The molecule has 1 rings (SSSR count). The van der Waals surface area contributed by atoms with Crippen LogP contribution in [-0.4, -0.2) is 12.6 Å². The van der Waals surface area contributed by atoms with E-state index in [9.17, 15) is 0 Å². The first kappa shape index (κ1) is 17.0. The molecule has 0 bridgehead atoms. The number of rotatable bonds is 11. The maximum Gasteiger partial charge on any atom is 0.00695 e. The maximum atomic E-state index is 3.64. The first-order valence-electron chi connectivity index (χ1n) is 9.10. The van der Waals surface area contributed by atoms with Crippen LogP contribution in [0.1, 0.15) is 97.3 Å². The Morgan fingerprint density at radius 2 is 1.53 bits per heavy atom. The fraction of sp³-hybridized carbons (Fsp3) is 1.00. The van der Waals surface area contributed by atoms with Gasteiger partial charge in [0.05, 0.1) is 0 Å². The molecule has 1 fully saturated rings. The molecule has 0 aliphatic heterocycles. The van der Waals surface area contributed by atoms with Crippen LogP contribution in [0.2, 0.25) is 0 Å². The molecule has 2 unspecified atom stereocenters. The van der Waals surface area contributed by atoms with Gasteiger partial charge in [-0.15, -0.1) is 0 Å². The van der Waals surface area contributed by atoms with Gasteiger partial charge in [0.2, 0.25) is 0 Å². The Morgan fingerprint density at radius 1 is 0.842 bits per heavy atom. The van der Waals surface area contributed by atoms with Gasteiger partial charge in [-0.25, -0.2) is 0 Å². The lowest BCUT2D eigenvalue weighted by Gasteiger charge is -2.29. The lowest BCUT2D eigenvalue weighted by Crippen LogP contribution is -2.33. The Morgan fingerprint density at radius 3 is 2.21 bits per heavy atom. The van der Waals surface area contributed by atoms with Crippen molar-refractivity contribution in [1.82, 2.24) is 5.32 Å². The zero-order valence-corrected chi connectivity index (χ0v) is 13.6. The molecule has 0 aromatic rings. The molecule has 19 heavy (non-hydrogen) atoms. The predicted octanol–water partition coefficient (Wildman–Crippen LogP) is 5.69. The number of nitrogens with one attached hydrogen (secondary N) is 1. The smallest absolute Gasteiger partial charge is 0.00695 e. The summed E-state index contributed by atoms with van der Waals surface area (Å²) in [6.07, 6.45) is 19.0. The van der Waals surface area contributed by atoms with E-state index in [1.807, 2.05) is 0 Å². The molecule has 0 spiro atoms. The first-order chi connectivity index (χ1) is 9.36. The van der Waals surface area contributed by atoms with Gasteiger partial charge in [-0.2, -0.15) is 0 Å². The molecule has 1 N–H and O–H groups in total. The van der Waals surface area contributed by atoms with Gasteiger partial charge in [0.25, 0.3) is 0 Å². The van der Waals surface area contributed by atoms with Crippen molar-refractivity contribution in [3.05, 3.63) is 0 Å². The number of hydrogen-bond donors (Lipinski definition) is 1. The van der Waals surface area contributed by atoms with Gasteiger partial charge in [0, 0.05) is 6.04 Å². The van der Waals surface area contributed by atoms with Crippen LogP contribution < -0.4 is 5.32 Å². The van der Waals surface area contributed by atoms with Crippen molar-refractivity contribution in [1.29, 1.82) is 0 Å². The largest absolute Gasteiger partial charge is 0.314 e. The van der Waals surface area contributed by atoms with Gasteiger partial charge in [0.15, 0.2) is 0 Å². The summed E-state index contributed by atoms with van der Waals surface area (Å²) in [5.41, 5.74) is 0. The van der Waals surface area contributed by atoms with E-state index in [4.69, 9.17) is 0 Å². The first-order valence-corrected chi connectivity index (χ1v) is 9.10. The lowest BCUT2D eigenvalue weighted by molar-refractivity contribution is 0.270. The van der Waals surface area contributed by atoms with Crippen molar-refractivity contribution in [3.63, 3.8) is 0 Å². The summed E-state index contributed by atoms with van der Waals surface area (Å²) in [6, 6.07) is 0.831. The summed E-state index contributed by atoms with van der Waals surface area (Å²) in [5.74, 6) is 1.03. The van der Waals surface area contributed by atoms with Crippen molar-refractivity contribution in [3.8, 4) is 0 Å². The van der Waals surface area contributed by atoms with Gasteiger partial charge in [-0.3, -0.25) is 0 Å². The molecule has 1 nitrogen and oxygen atoms in total. The molecule has 114 valence electrons. The minimum absolute atomic E-state index is 0.831. The fourth-order valence-corrected chi connectivity index (χ4v) is 3.59. The van der Waals surface area contributed by atoms with Crippen LogP contribution in [0.3, 0.4) is 0 Å². The maximum absolute atomic E-state index is 3.64. The molecule has 2 atom stereocenters. The average Bonchev–Trinajstić information content (AvgIpc) is 2.43. The second kappa shape index (κ2) is 11.8. The molecule has 1 aliphatic rings. The van der Waals surface area contributed by atoms with Gasteiger partial charge in [-0.05, 0) is 25.3 Å². The molecule has 0 saturated heterocycles. The van der Waals surface area contributed by atoms with Crippen LogP contribution in [-0.2, 0) is 0 Å². The minimum atomic E-state index is 0.831. The van der Waals surface area contributed by atoms with Gasteiger partial charge >= 0.3 is 0 Å². The molecule has 0 aromatic heterocycles. The summed E-state index contributed by atoms with van der Waals surface area (Å²) in [7, 11) is 0. The van der Waals surface area contributed by atoms with Crippen molar-refractivity contribution < 1.29 is 0 Å². The number of unbranched alkanes of at least 4 members (excludes halogenated alkanes) is 7. The van der Waals surface area contributed by atoms with Gasteiger partial charge in [-0.1, -0.05) is 84.5 Å². The highest BCUT2D eigenvalue weighted by atomic mass is 14.9. The molecular weight excluding hydrogens is 230 g/mol. The van der Waals surface area contributed by atoms with E-state index in [0.29, 0.717) is 0 Å². The van der Waals surface area contributed by atoms with Crippen LogP contribution >= 0.6 is 0 Å². The average molecular weight is 268 g/mol. The zero-order valence-electron chi connectivity index (χ0n) is 13.6. The third kappa shape index (κ3) is 8.68. The molecule has 0 aromatic carbocycles. The lowest BCUT2D eigenvalue weighted by atomic mass is 9.82. The van der Waals surface area contributed by atoms with E-state index in [-0.39, 0.29) is 0 Å². The van der Waals surface area contributed by atoms with E-state index < -0.39 is 0 Å². The highest BCUT2D eigenvalue weighted by Gasteiger charge is 2.20. The fourth-order valence-electron chi connectivity index (χ4n) is 3.59. The zero-order chi connectivity index (χ0) is 13.8. The van der Waals surface area contributed by atoms with Gasteiger partial charge in [0.1, 0.15) is 0 Å². The Labute approximate surface area is 121 Å². The minimum Gasteiger partial charge on any atom is -0.314 e. The van der Waals surface area contributed by atoms with Gasteiger partial charge < -0.3 is 5.32 Å². The molecule has 0 radical (unpaired) electrons. The molecule has 1 aliphatic carbocycles. The number of hydrogen-bond acceptors (Lipinski definition) is 1. The van der Waals surface area contributed by atoms with Crippen LogP contribution in [0.15, 0.2) is 0 Å². The molecule has 0 amide bonds. The second-order valence-electron chi connectivity index (χ2n) is 6.55. The molecule has 1 saturated carbocycles. The van der Waals surface area contributed by atoms with E-state index >= 15 is 0 Å². The van der Waals surface area contributed by atoms with E-state index in [1.54, 1.807) is 0 Å². The molecule has 1 heteroatoms.